The highest BCUT2D eigenvalue weighted by atomic mass is 35.5. The lowest BCUT2D eigenvalue weighted by molar-refractivity contribution is -0.116. The zero-order chi connectivity index (χ0) is 26.8. The topological polar surface area (TPSA) is 105 Å². The number of rotatable bonds is 4. The Morgan fingerprint density at radius 2 is 1.61 bits per heavy atom. The quantitative estimate of drug-likeness (QED) is 0.427. The molecule has 0 aromatic heterocycles. The Morgan fingerprint density at radius 3 is 2.29 bits per heavy atom. The molecule has 1 aliphatic carbocycles. The van der Waals surface area contributed by atoms with E-state index in [0.29, 0.717) is 33.1 Å². The Balaban J connectivity index is 1.52. The molecule has 9 heteroatoms. The standard InChI is InChI=1S/C29H28ClFN4O3/c30-20-6-1-18(2-7-20)29(38)35-25-14-5-19(28(37)33-23-12-10-22(32)11-13-23)15-24(25)34-27(36)16-26(35)17-3-8-21(31)9-4-17/h1-9,14-15,22-23,26H,10-13,16,32H2,(H,33,37)(H,34,36). The molecular formula is C29H28ClFN4O3. The van der Waals surface area contributed by atoms with E-state index in [9.17, 15) is 18.8 Å². The molecular weight excluding hydrogens is 507 g/mol. The number of benzene rings is 3. The number of nitrogens with one attached hydrogen (secondary N) is 2. The van der Waals surface area contributed by atoms with Crippen LogP contribution in [0.5, 0.6) is 0 Å². The molecule has 0 bridgehead atoms. The molecule has 1 fully saturated rings. The fourth-order valence-corrected chi connectivity index (χ4v) is 5.22. The van der Waals surface area contributed by atoms with Gasteiger partial charge in [-0.1, -0.05) is 23.7 Å². The lowest BCUT2D eigenvalue weighted by Crippen LogP contribution is -2.40. The van der Waals surface area contributed by atoms with E-state index in [2.05, 4.69) is 10.6 Å². The molecule has 1 atom stereocenters. The third-order valence-electron chi connectivity index (χ3n) is 7.15. The third-order valence-corrected chi connectivity index (χ3v) is 7.41. The van der Waals surface area contributed by atoms with E-state index < -0.39 is 11.9 Å². The maximum absolute atomic E-state index is 13.9. The van der Waals surface area contributed by atoms with Crippen molar-refractivity contribution < 1.29 is 18.8 Å². The van der Waals surface area contributed by atoms with Crippen LogP contribution in [-0.2, 0) is 4.79 Å². The molecule has 1 unspecified atom stereocenters. The van der Waals surface area contributed by atoms with Gasteiger partial charge in [0.25, 0.3) is 11.8 Å². The van der Waals surface area contributed by atoms with E-state index in [0.717, 1.165) is 25.7 Å². The van der Waals surface area contributed by atoms with Gasteiger partial charge in [0, 0.05) is 28.2 Å². The highest BCUT2D eigenvalue weighted by Crippen LogP contribution is 2.40. The first-order chi connectivity index (χ1) is 18.3. The van der Waals surface area contributed by atoms with Crippen LogP contribution < -0.4 is 21.3 Å². The molecule has 0 spiro atoms. The number of nitrogens with two attached hydrogens (primary N) is 1. The molecule has 1 heterocycles. The van der Waals surface area contributed by atoms with Crippen molar-refractivity contribution in [3.05, 3.63) is 94.3 Å². The van der Waals surface area contributed by atoms with Crippen LogP contribution >= 0.6 is 11.6 Å². The summed E-state index contributed by atoms with van der Waals surface area (Å²) in [6.07, 6.45) is 3.30. The summed E-state index contributed by atoms with van der Waals surface area (Å²) in [5, 5.41) is 6.40. The van der Waals surface area contributed by atoms with Crippen LogP contribution in [0.3, 0.4) is 0 Å². The highest BCUT2D eigenvalue weighted by molar-refractivity contribution is 6.30. The van der Waals surface area contributed by atoms with Gasteiger partial charge in [-0.05, 0) is 85.8 Å². The summed E-state index contributed by atoms with van der Waals surface area (Å²) in [6.45, 7) is 0. The maximum atomic E-state index is 13.9. The van der Waals surface area contributed by atoms with Crippen LogP contribution in [0.2, 0.25) is 5.02 Å². The summed E-state index contributed by atoms with van der Waals surface area (Å²) < 4.78 is 13.7. The van der Waals surface area contributed by atoms with Crippen molar-refractivity contribution in [1.82, 2.24) is 5.32 Å². The lowest BCUT2D eigenvalue weighted by Gasteiger charge is -2.31. The van der Waals surface area contributed by atoms with Crippen LogP contribution in [0.4, 0.5) is 15.8 Å². The van der Waals surface area contributed by atoms with E-state index in [1.165, 1.54) is 17.0 Å². The summed E-state index contributed by atoms with van der Waals surface area (Å²) in [5.74, 6) is -1.36. The number of carbonyl (C=O) groups is 3. The van der Waals surface area contributed by atoms with Gasteiger partial charge in [0.15, 0.2) is 0 Å². The van der Waals surface area contributed by atoms with Crippen molar-refractivity contribution in [2.45, 2.75) is 50.2 Å². The molecule has 1 saturated carbocycles. The predicted molar refractivity (Wildman–Crippen MR) is 145 cm³/mol. The van der Waals surface area contributed by atoms with Gasteiger partial charge in [-0.25, -0.2) is 4.39 Å². The molecule has 3 aromatic carbocycles. The molecule has 196 valence electrons. The van der Waals surface area contributed by atoms with Crippen molar-refractivity contribution in [3.8, 4) is 0 Å². The van der Waals surface area contributed by atoms with E-state index in [1.54, 1.807) is 54.6 Å². The van der Waals surface area contributed by atoms with Gasteiger partial charge in [0.1, 0.15) is 5.82 Å². The number of carbonyl (C=O) groups excluding carboxylic acids is 3. The molecule has 3 amide bonds. The van der Waals surface area contributed by atoms with Crippen LogP contribution in [0.25, 0.3) is 0 Å². The van der Waals surface area contributed by atoms with Gasteiger partial charge in [0.05, 0.1) is 23.8 Å². The minimum absolute atomic E-state index is 0.0431. The lowest BCUT2D eigenvalue weighted by atomic mass is 9.91. The SMILES string of the molecule is NC1CCC(NC(=O)c2ccc3c(c2)NC(=O)CC(c2ccc(F)cc2)N3C(=O)c2ccc(Cl)cc2)CC1. The zero-order valence-corrected chi connectivity index (χ0v) is 21.4. The summed E-state index contributed by atoms with van der Waals surface area (Å²) in [5.41, 5.74) is 8.12. The molecule has 38 heavy (non-hydrogen) atoms. The Kier molecular flexibility index (Phi) is 7.44. The monoisotopic (exact) mass is 534 g/mol. The van der Waals surface area contributed by atoms with Crippen molar-refractivity contribution in [3.63, 3.8) is 0 Å². The molecule has 2 aliphatic rings. The zero-order valence-electron chi connectivity index (χ0n) is 20.6. The molecule has 5 rings (SSSR count). The summed E-state index contributed by atoms with van der Waals surface area (Å²) >= 11 is 6.03. The second-order valence-electron chi connectivity index (χ2n) is 9.82. The number of hydrogen-bond acceptors (Lipinski definition) is 4. The van der Waals surface area contributed by atoms with Gasteiger partial charge in [-0.2, -0.15) is 0 Å². The molecule has 0 radical (unpaired) electrons. The minimum Gasteiger partial charge on any atom is -0.349 e. The first-order valence-electron chi connectivity index (χ1n) is 12.6. The van der Waals surface area contributed by atoms with Crippen LogP contribution in [-0.4, -0.2) is 29.8 Å². The first-order valence-corrected chi connectivity index (χ1v) is 13.0. The second kappa shape index (κ2) is 10.9. The van der Waals surface area contributed by atoms with Gasteiger partial charge in [-0.3, -0.25) is 19.3 Å². The normalized spacial score (nSPS) is 21.2. The Hall–Kier alpha value is -3.75. The average molecular weight is 535 g/mol. The smallest absolute Gasteiger partial charge is 0.258 e. The number of nitrogens with zero attached hydrogens (tertiary/aromatic N) is 1. The summed E-state index contributed by atoms with van der Waals surface area (Å²) in [6, 6.07) is 16.6. The second-order valence-corrected chi connectivity index (χ2v) is 10.3. The molecule has 3 aromatic rings. The molecule has 4 N–H and O–H groups in total. The van der Waals surface area contributed by atoms with E-state index in [-0.39, 0.29) is 36.2 Å². The Labute approximate surface area is 225 Å². The van der Waals surface area contributed by atoms with Crippen molar-refractivity contribution in [2.24, 2.45) is 5.73 Å². The largest absolute Gasteiger partial charge is 0.349 e. The van der Waals surface area contributed by atoms with Crippen molar-refractivity contribution >= 4 is 40.7 Å². The van der Waals surface area contributed by atoms with Crippen molar-refractivity contribution in [2.75, 3.05) is 10.2 Å². The van der Waals surface area contributed by atoms with E-state index >= 15 is 0 Å². The number of hydrogen-bond donors (Lipinski definition) is 3. The molecule has 1 aliphatic heterocycles. The van der Waals surface area contributed by atoms with Gasteiger partial charge < -0.3 is 16.4 Å². The number of amides is 3. The highest BCUT2D eigenvalue weighted by Gasteiger charge is 2.34. The molecule has 7 nitrogen and oxygen atoms in total. The maximum Gasteiger partial charge on any atom is 0.258 e. The fourth-order valence-electron chi connectivity index (χ4n) is 5.09. The minimum atomic E-state index is -0.703. The van der Waals surface area contributed by atoms with Gasteiger partial charge >= 0.3 is 0 Å². The Bertz CT molecular complexity index is 1360. The summed E-state index contributed by atoms with van der Waals surface area (Å²) in [7, 11) is 0. The average Bonchev–Trinajstić information content (AvgIpc) is 3.05. The van der Waals surface area contributed by atoms with Crippen LogP contribution in [0, 0.1) is 5.82 Å². The Morgan fingerprint density at radius 1 is 0.947 bits per heavy atom. The van der Waals surface area contributed by atoms with Crippen LogP contribution in [0.15, 0.2) is 66.7 Å². The number of fused-ring (bicyclic) bond motifs is 1. The van der Waals surface area contributed by atoms with E-state index in [1.807, 2.05) is 0 Å². The fraction of sp³-hybridized carbons (Fsp3) is 0.276. The third kappa shape index (κ3) is 5.56. The van der Waals surface area contributed by atoms with E-state index in [4.69, 9.17) is 17.3 Å². The number of halogens is 2. The van der Waals surface area contributed by atoms with Gasteiger partial charge in [0.2, 0.25) is 5.91 Å². The number of anilines is 2. The first kappa shape index (κ1) is 25.9. The predicted octanol–water partition coefficient (Wildman–Crippen LogP) is 5.21. The van der Waals surface area contributed by atoms with Crippen LogP contribution in [0.1, 0.15) is 64.4 Å². The van der Waals surface area contributed by atoms with Crippen molar-refractivity contribution in [1.29, 1.82) is 0 Å². The molecule has 0 saturated heterocycles. The summed E-state index contributed by atoms with van der Waals surface area (Å²) in [4.78, 5) is 41.5. The van der Waals surface area contributed by atoms with Gasteiger partial charge in [-0.15, -0.1) is 0 Å².